The molecule has 9 nitrogen and oxygen atoms in total. The molecule has 2 aliphatic heterocycles. The summed E-state index contributed by atoms with van der Waals surface area (Å²) in [6.45, 7) is 2.98. The van der Waals surface area contributed by atoms with Gasteiger partial charge in [-0.25, -0.2) is 17.9 Å². The van der Waals surface area contributed by atoms with Crippen LogP contribution >= 0.6 is 0 Å². The van der Waals surface area contributed by atoms with Crippen molar-refractivity contribution in [3.8, 4) is 16.9 Å². The number of benzene rings is 2. The Bertz CT molecular complexity index is 1450. The Kier molecular flexibility index (Phi) is 6.40. The zero-order valence-corrected chi connectivity index (χ0v) is 21.0. The fourth-order valence-corrected chi connectivity index (χ4v) is 6.48. The first-order valence-electron chi connectivity index (χ1n) is 11.9. The standard InChI is InChI=1S/C26H27N3O6S/c1-3-35-26(31)23-21-16-36(32,33)22-12-5-4-11-20(22)24(21)29(27-23)18-9-6-8-17(14-18)25(30)28-13-7-10-19(15-28)34-2/h4-6,8-9,11-12,14,19H,3,7,10,13,15-16H2,1-2H3. The molecule has 2 aliphatic rings. The topological polar surface area (TPSA) is 108 Å². The predicted octanol–water partition coefficient (Wildman–Crippen LogP) is 3.25. The van der Waals surface area contributed by atoms with E-state index in [2.05, 4.69) is 5.10 Å². The molecule has 36 heavy (non-hydrogen) atoms. The fourth-order valence-electron chi connectivity index (χ4n) is 4.88. The van der Waals surface area contributed by atoms with Gasteiger partial charge >= 0.3 is 5.97 Å². The molecule has 1 unspecified atom stereocenters. The van der Waals surface area contributed by atoms with Crippen molar-refractivity contribution in [3.05, 3.63) is 65.4 Å². The minimum Gasteiger partial charge on any atom is -0.461 e. The number of amides is 1. The lowest BCUT2D eigenvalue weighted by Crippen LogP contribution is -2.42. The largest absolute Gasteiger partial charge is 0.461 e. The highest BCUT2D eigenvalue weighted by Gasteiger charge is 2.36. The van der Waals surface area contributed by atoms with Gasteiger partial charge in [-0.05, 0) is 44.0 Å². The lowest BCUT2D eigenvalue weighted by Gasteiger charge is -2.32. The van der Waals surface area contributed by atoms with E-state index in [9.17, 15) is 18.0 Å². The van der Waals surface area contributed by atoms with Crippen LogP contribution in [0.25, 0.3) is 16.9 Å². The number of nitrogens with zero attached hydrogens (tertiary/aromatic N) is 3. The minimum absolute atomic E-state index is 0.00889. The maximum atomic E-state index is 13.3. The molecule has 0 aliphatic carbocycles. The molecule has 1 atom stereocenters. The van der Waals surface area contributed by atoms with Gasteiger partial charge < -0.3 is 14.4 Å². The average molecular weight is 510 g/mol. The number of ether oxygens (including phenoxy) is 2. The van der Waals surface area contributed by atoms with Crippen molar-refractivity contribution < 1.29 is 27.5 Å². The normalized spacial score (nSPS) is 18.3. The molecule has 1 fully saturated rings. The van der Waals surface area contributed by atoms with E-state index in [1.165, 1.54) is 0 Å². The van der Waals surface area contributed by atoms with Gasteiger partial charge in [0.05, 0.1) is 34.7 Å². The molecule has 2 aromatic carbocycles. The van der Waals surface area contributed by atoms with Gasteiger partial charge in [0.15, 0.2) is 15.5 Å². The Morgan fingerprint density at radius 2 is 1.94 bits per heavy atom. The third kappa shape index (κ3) is 4.20. The summed E-state index contributed by atoms with van der Waals surface area (Å²) < 4.78 is 38.2. The van der Waals surface area contributed by atoms with E-state index >= 15 is 0 Å². The molecule has 3 heterocycles. The number of likely N-dealkylation sites (tertiary alicyclic amines) is 1. The van der Waals surface area contributed by atoms with Crippen LogP contribution in [0.4, 0.5) is 0 Å². The summed E-state index contributed by atoms with van der Waals surface area (Å²) in [4.78, 5) is 28.0. The number of hydrogen-bond donors (Lipinski definition) is 0. The first-order valence-corrected chi connectivity index (χ1v) is 13.5. The fraction of sp³-hybridized carbons (Fsp3) is 0.346. The summed E-state index contributed by atoms with van der Waals surface area (Å²) in [5.74, 6) is -1.17. The van der Waals surface area contributed by atoms with Crippen LogP contribution in [0.3, 0.4) is 0 Å². The zero-order chi connectivity index (χ0) is 25.4. The van der Waals surface area contributed by atoms with E-state index in [1.54, 1.807) is 72.1 Å². The Balaban J connectivity index is 1.63. The second kappa shape index (κ2) is 9.51. The second-order valence-electron chi connectivity index (χ2n) is 8.86. The highest BCUT2D eigenvalue weighted by Crippen LogP contribution is 2.40. The second-order valence-corrected chi connectivity index (χ2v) is 10.8. The van der Waals surface area contributed by atoms with Gasteiger partial charge in [-0.1, -0.05) is 24.3 Å². The van der Waals surface area contributed by atoms with Crippen molar-refractivity contribution in [2.45, 2.75) is 36.5 Å². The average Bonchev–Trinajstić information content (AvgIpc) is 3.27. The van der Waals surface area contributed by atoms with Crippen LogP contribution in [-0.4, -0.2) is 67.9 Å². The number of carbonyl (C=O) groups excluding carboxylic acids is 2. The maximum Gasteiger partial charge on any atom is 0.359 e. The molecule has 1 saturated heterocycles. The summed E-state index contributed by atoms with van der Waals surface area (Å²) in [5, 5.41) is 4.52. The van der Waals surface area contributed by atoms with E-state index in [0.717, 1.165) is 12.8 Å². The Morgan fingerprint density at radius 3 is 2.72 bits per heavy atom. The van der Waals surface area contributed by atoms with E-state index < -0.39 is 15.8 Å². The molecule has 0 bridgehead atoms. The van der Waals surface area contributed by atoms with Crippen molar-refractivity contribution in [2.24, 2.45) is 0 Å². The Labute approximate surface area is 209 Å². The van der Waals surface area contributed by atoms with Gasteiger partial charge in [-0.15, -0.1) is 0 Å². The van der Waals surface area contributed by atoms with Gasteiger partial charge in [0.2, 0.25) is 0 Å². The number of rotatable bonds is 5. The molecule has 0 spiro atoms. The van der Waals surface area contributed by atoms with Gasteiger partial charge in [-0.3, -0.25) is 4.79 Å². The predicted molar refractivity (Wildman–Crippen MR) is 132 cm³/mol. The maximum absolute atomic E-state index is 13.3. The number of fused-ring (bicyclic) bond motifs is 3. The van der Waals surface area contributed by atoms with E-state index in [1.807, 2.05) is 0 Å². The monoisotopic (exact) mass is 509 g/mol. The van der Waals surface area contributed by atoms with E-state index in [0.29, 0.717) is 41.2 Å². The first kappa shape index (κ1) is 24.2. The summed E-state index contributed by atoms with van der Waals surface area (Å²) >= 11 is 0. The van der Waals surface area contributed by atoms with Crippen LogP contribution in [0.15, 0.2) is 53.4 Å². The highest BCUT2D eigenvalue weighted by atomic mass is 32.2. The lowest BCUT2D eigenvalue weighted by molar-refractivity contribution is 0.0269. The molecule has 0 radical (unpaired) electrons. The van der Waals surface area contributed by atoms with Gasteiger partial charge in [0, 0.05) is 36.9 Å². The van der Waals surface area contributed by atoms with Crippen molar-refractivity contribution in [3.63, 3.8) is 0 Å². The van der Waals surface area contributed by atoms with Crippen LogP contribution in [0.5, 0.6) is 0 Å². The Hall–Kier alpha value is -3.50. The molecule has 188 valence electrons. The number of methoxy groups -OCH3 is 1. The van der Waals surface area contributed by atoms with Crippen LogP contribution < -0.4 is 0 Å². The summed E-state index contributed by atoms with van der Waals surface area (Å²) in [6, 6.07) is 13.6. The van der Waals surface area contributed by atoms with Crippen LogP contribution in [-0.2, 0) is 25.1 Å². The molecule has 0 saturated carbocycles. The van der Waals surface area contributed by atoms with Crippen LogP contribution in [0.1, 0.15) is 46.2 Å². The third-order valence-electron chi connectivity index (χ3n) is 6.60. The van der Waals surface area contributed by atoms with Crippen molar-refractivity contribution in [1.29, 1.82) is 0 Å². The number of esters is 1. The molecule has 0 N–H and O–H groups in total. The van der Waals surface area contributed by atoms with Gasteiger partial charge in [-0.2, -0.15) is 5.10 Å². The van der Waals surface area contributed by atoms with E-state index in [-0.39, 0.29) is 35.0 Å². The molecule has 10 heteroatoms. The third-order valence-corrected chi connectivity index (χ3v) is 8.30. The number of aromatic nitrogens is 2. The van der Waals surface area contributed by atoms with Gasteiger partial charge in [0.25, 0.3) is 5.91 Å². The number of piperidine rings is 1. The highest BCUT2D eigenvalue weighted by molar-refractivity contribution is 7.90. The molecule has 3 aromatic rings. The van der Waals surface area contributed by atoms with Crippen molar-refractivity contribution in [1.82, 2.24) is 14.7 Å². The summed E-state index contributed by atoms with van der Waals surface area (Å²) in [5.41, 5.74) is 2.23. The summed E-state index contributed by atoms with van der Waals surface area (Å²) in [7, 11) is -2.02. The number of sulfone groups is 1. The minimum atomic E-state index is -3.67. The SMILES string of the molecule is CCOC(=O)c1nn(-c2cccc(C(=O)N3CCCC(OC)C3)c2)c2c1CS(=O)(=O)c1ccccc1-2. The van der Waals surface area contributed by atoms with Crippen LogP contribution in [0, 0.1) is 0 Å². The van der Waals surface area contributed by atoms with Gasteiger partial charge in [0.1, 0.15) is 0 Å². The summed E-state index contributed by atoms with van der Waals surface area (Å²) in [6.07, 6.45) is 1.79. The molecule has 1 aromatic heterocycles. The molecular formula is C26H27N3O6S. The molecular weight excluding hydrogens is 482 g/mol. The Morgan fingerprint density at radius 1 is 1.14 bits per heavy atom. The van der Waals surface area contributed by atoms with Crippen LogP contribution in [0.2, 0.25) is 0 Å². The number of hydrogen-bond acceptors (Lipinski definition) is 7. The quantitative estimate of drug-likeness (QED) is 0.486. The lowest BCUT2D eigenvalue weighted by atomic mass is 10.0. The van der Waals surface area contributed by atoms with Crippen molar-refractivity contribution in [2.75, 3.05) is 26.8 Å². The smallest absolute Gasteiger partial charge is 0.359 e. The molecule has 1 amide bonds. The van der Waals surface area contributed by atoms with Crippen molar-refractivity contribution >= 4 is 21.7 Å². The van der Waals surface area contributed by atoms with E-state index in [4.69, 9.17) is 9.47 Å². The zero-order valence-electron chi connectivity index (χ0n) is 20.1. The molecule has 5 rings (SSSR count). The number of carbonyl (C=O) groups is 2. The first-order chi connectivity index (χ1) is 17.3.